The molecule has 0 radical (unpaired) electrons. The van der Waals surface area contributed by atoms with Crippen molar-refractivity contribution >= 4 is 15.7 Å². The Balaban J connectivity index is 2.55. The number of phenols is 1. The molecule has 112 valence electrons. The average Bonchev–Trinajstić information content (AvgIpc) is 2.47. The van der Waals surface area contributed by atoms with Crippen molar-refractivity contribution < 1.29 is 13.5 Å². The standard InChI is InChI=1S/C14H17N3O3S/c1-2-17(11-5-3-6-12(18)9-11)21(19,20)14-7-4-8-16-13(14)10-15/h3-9,18H,2,10,15H2,1H3. The van der Waals surface area contributed by atoms with Gasteiger partial charge in [0.15, 0.2) is 0 Å². The molecule has 21 heavy (non-hydrogen) atoms. The maximum absolute atomic E-state index is 12.8. The molecule has 0 unspecified atom stereocenters. The predicted octanol–water partition coefficient (Wildman–Crippen LogP) is 1.46. The van der Waals surface area contributed by atoms with Gasteiger partial charge in [0.2, 0.25) is 0 Å². The summed E-state index contributed by atoms with van der Waals surface area (Å²) in [5.41, 5.74) is 6.27. The summed E-state index contributed by atoms with van der Waals surface area (Å²) in [5.74, 6) is 0.00591. The van der Waals surface area contributed by atoms with Gasteiger partial charge < -0.3 is 10.8 Å². The minimum absolute atomic E-state index is 0.00591. The number of hydrogen-bond acceptors (Lipinski definition) is 5. The Morgan fingerprint density at radius 3 is 2.67 bits per heavy atom. The highest BCUT2D eigenvalue weighted by Gasteiger charge is 2.26. The molecule has 0 aliphatic carbocycles. The molecule has 0 aliphatic heterocycles. The minimum Gasteiger partial charge on any atom is -0.508 e. The summed E-state index contributed by atoms with van der Waals surface area (Å²) >= 11 is 0. The predicted molar refractivity (Wildman–Crippen MR) is 80.4 cm³/mol. The second kappa shape index (κ2) is 6.11. The maximum Gasteiger partial charge on any atom is 0.266 e. The number of nitrogens with zero attached hydrogens (tertiary/aromatic N) is 2. The maximum atomic E-state index is 12.8. The van der Waals surface area contributed by atoms with E-state index in [4.69, 9.17) is 5.73 Å². The number of pyridine rings is 1. The second-order valence-corrected chi connectivity index (χ2v) is 6.17. The van der Waals surface area contributed by atoms with E-state index in [-0.39, 0.29) is 23.7 Å². The first-order valence-corrected chi connectivity index (χ1v) is 7.90. The lowest BCUT2D eigenvalue weighted by Gasteiger charge is -2.23. The van der Waals surface area contributed by atoms with Crippen LogP contribution in [-0.4, -0.2) is 25.1 Å². The zero-order valence-electron chi connectivity index (χ0n) is 11.6. The summed E-state index contributed by atoms with van der Waals surface area (Å²) in [6.45, 7) is 1.98. The van der Waals surface area contributed by atoms with E-state index in [0.29, 0.717) is 11.4 Å². The summed E-state index contributed by atoms with van der Waals surface area (Å²) in [6, 6.07) is 9.15. The molecule has 7 heteroatoms. The van der Waals surface area contributed by atoms with Gasteiger partial charge >= 0.3 is 0 Å². The van der Waals surface area contributed by atoms with Crippen LogP contribution in [0.2, 0.25) is 0 Å². The summed E-state index contributed by atoms with van der Waals surface area (Å²) in [6.07, 6.45) is 1.51. The quantitative estimate of drug-likeness (QED) is 0.871. The monoisotopic (exact) mass is 307 g/mol. The number of nitrogens with two attached hydrogens (primary N) is 1. The highest BCUT2D eigenvalue weighted by Crippen LogP contribution is 2.27. The Hall–Kier alpha value is -2.12. The van der Waals surface area contributed by atoms with Crippen LogP contribution in [0.4, 0.5) is 5.69 Å². The van der Waals surface area contributed by atoms with E-state index >= 15 is 0 Å². The summed E-state index contributed by atoms with van der Waals surface area (Å²) < 4.78 is 26.8. The first kappa shape index (κ1) is 15.3. The fourth-order valence-electron chi connectivity index (χ4n) is 2.07. The number of benzene rings is 1. The Morgan fingerprint density at radius 2 is 2.05 bits per heavy atom. The van der Waals surface area contributed by atoms with Crippen LogP contribution in [0.3, 0.4) is 0 Å². The summed E-state index contributed by atoms with van der Waals surface area (Å²) in [7, 11) is -3.78. The SMILES string of the molecule is CCN(c1cccc(O)c1)S(=O)(=O)c1cccnc1CN. The van der Waals surface area contributed by atoms with Gasteiger partial charge in [-0.25, -0.2) is 8.42 Å². The highest BCUT2D eigenvalue weighted by atomic mass is 32.2. The van der Waals surface area contributed by atoms with Gasteiger partial charge in [-0.15, -0.1) is 0 Å². The summed E-state index contributed by atoms with van der Waals surface area (Å²) in [5, 5.41) is 9.54. The van der Waals surface area contributed by atoms with Crippen molar-refractivity contribution in [3.8, 4) is 5.75 Å². The van der Waals surface area contributed by atoms with Gasteiger partial charge in [-0.3, -0.25) is 9.29 Å². The van der Waals surface area contributed by atoms with E-state index in [1.165, 1.54) is 28.7 Å². The van der Waals surface area contributed by atoms with Crippen LogP contribution in [0.15, 0.2) is 47.5 Å². The van der Waals surface area contributed by atoms with E-state index < -0.39 is 10.0 Å². The van der Waals surface area contributed by atoms with E-state index in [9.17, 15) is 13.5 Å². The molecule has 0 aliphatic rings. The lowest BCUT2D eigenvalue weighted by molar-refractivity contribution is 0.475. The lowest BCUT2D eigenvalue weighted by Crippen LogP contribution is -2.32. The molecule has 0 saturated carbocycles. The molecule has 0 fully saturated rings. The number of phenolic OH excluding ortho intramolecular Hbond substituents is 1. The molecule has 1 heterocycles. The van der Waals surface area contributed by atoms with Crippen molar-refractivity contribution in [2.45, 2.75) is 18.4 Å². The Labute approximate surface area is 123 Å². The fraction of sp³-hybridized carbons (Fsp3) is 0.214. The number of sulfonamides is 1. The van der Waals surface area contributed by atoms with Gasteiger partial charge in [0.1, 0.15) is 10.6 Å². The number of aromatic hydroxyl groups is 1. The first-order valence-electron chi connectivity index (χ1n) is 6.46. The second-order valence-electron chi connectivity index (χ2n) is 4.34. The number of rotatable bonds is 5. The minimum atomic E-state index is -3.78. The van der Waals surface area contributed by atoms with Crippen LogP contribution in [0.1, 0.15) is 12.6 Å². The third-order valence-corrected chi connectivity index (χ3v) is 4.99. The zero-order valence-corrected chi connectivity index (χ0v) is 12.4. The van der Waals surface area contributed by atoms with Crippen molar-refractivity contribution in [1.29, 1.82) is 0 Å². The van der Waals surface area contributed by atoms with Gasteiger partial charge in [0, 0.05) is 25.4 Å². The van der Waals surface area contributed by atoms with E-state index in [1.807, 2.05) is 0 Å². The molecule has 2 aromatic rings. The smallest absolute Gasteiger partial charge is 0.266 e. The number of hydrogen-bond donors (Lipinski definition) is 2. The molecule has 1 aromatic carbocycles. The molecule has 1 aromatic heterocycles. The van der Waals surface area contributed by atoms with E-state index in [2.05, 4.69) is 4.98 Å². The lowest BCUT2D eigenvalue weighted by atomic mass is 10.3. The topological polar surface area (TPSA) is 96.5 Å². The molecular formula is C14H17N3O3S. The molecule has 0 spiro atoms. The molecule has 0 bridgehead atoms. The van der Waals surface area contributed by atoms with Crippen LogP contribution in [0, 0.1) is 0 Å². The van der Waals surface area contributed by atoms with Crippen LogP contribution < -0.4 is 10.0 Å². The number of aromatic nitrogens is 1. The van der Waals surface area contributed by atoms with Crippen molar-refractivity contribution in [2.24, 2.45) is 5.73 Å². The normalized spacial score (nSPS) is 11.3. The molecule has 3 N–H and O–H groups in total. The van der Waals surface area contributed by atoms with Crippen LogP contribution >= 0.6 is 0 Å². The average molecular weight is 307 g/mol. The van der Waals surface area contributed by atoms with Crippen molar-refractivity contribution in [3.63, 3.8) is 0 Å². The highest BCUT2D eigenvalue weighted by molar-refractivity contribution is 7.92. The van der Waals surface area contributed by atoms with Gasteiger partial charge in [0.25, 0.3) is 10.0 Å². The molecule has 6 nitrogen and oxygen atoms in total. The zero-order chi connectivity index (χ0) is 15.5. The Bertz CT molecular complexity index is 732. The molecule has 2 rings (SSSR count). The van der Waals surface area contributed by atoms with Crippen molar-refractivity contribution in [3.05, 3.63) is 48.3 Å². The van der Waals surface area contributed by atoms with Crippen LogP contribution in [-0.2, 0) is 16.6 Å². The van der Waals surface area contributed by atoms with Gasteiger partial charge in [-0.05, 0) is 31.2 Å². The third kappa shape index (κ3) is 2.98. The third-order valence-electron chi connectivity index (χ3n) is 3.01. The molecular weight excluding hydrogens is 290 g/mol. The Morgan fingerprint density at radius 1 is 1.29 bits per heavy atom. The molecule has 0 atom stereocenters. The number of anilines is 1. The largest absolute Gasteiger partial charge is 0.508 e. The molecule has 0 amide bonds. The Kier molecular flexibility index (Phi) is 4.44. The molecule has 0 saturated heterocycles. The van der Waals surface area contributed by atoms with Crippen LogP contribution in [0.5, 0.6) is 5.75 Å². The van der Waals surface area contributed by atoms with Crippen LogP contribution in [0.25, 0.3) is 0 Å². The summed E-state index contributed by atoms with van der Waals surface area (Å²) in [4.78, 5) is 4.09. The fourth-order valence-corrected chi connectivity index (χ4v) is 3.72. The first-order chi connectivity index (χ1) is 10.0. The van der Waals surface area contributed by atoms with Gasteiger partial charge in [0.05, 0.1) is 11.4 Å². The van der Waals surface area contributed by atoms with Gasteiger partial charge in [-0.1, -0.05) is 6.07 Å². The van der Waals surface area contributed by atoms with Crippen molar-refractivity contribution in [2.75, 3.05) is 10.8 Å². The van der Waals surface area contributed by atoms with Gasteiger partial charge in [-0.2, -0.15) is 0 Å². The van der Waals surface area contributed by atoms with E-state index in [1.54, 1.807) is 25.1 Å². The van der Waals surface area contributed by atoms with E-state index in [0.717, 1.165) is 0 Å². The van der Waals surface area contributed by atoms with Crippen molar-refractivity contribution in [1.82, 2.24) is 4.98 Å².